The lowest BCUT2D eigenvalue weighted by Crippen LogP contribution is -2.41. The number of nitrogens with zero attached hydrogens (tertiary/aromatic N) is 2. The maximum Gasteiger partial charge on any atom is 0.257 e. The molecular formula is C21H23N3O4S2. The largest absolute Gasteiger partial charge is 0.378 e. The molecule has 0 aliphatic carbocycles. The van der Waals surface area contributed by atoms with Crippen molar-refractivity contribution in [3.63, 3.8) is 0 Å². The molecule has 3 heterocycles. The molecule has 1 aromatic heterocycles. The lowest BCUT2D eigenvalue weighted by molar-refractivity contribution is -0.130. The zero-order valence-electron chi connectivity index (χ0n) is 16.7. The van der Waals surface area contributed by atoms with Gasteiger partial charge in [0.2, 0.25) is 11.8 Å². The van der Waals surface area contributed by atoms with E-state index < -0.39 is 0 Å². The van der Waals surface area contributed by atoms with Gasteiger partial charge in [-0.25, -0.2) is 0 Å². The predicted molar refractivity (Wildman–Crippen MR) is 119 cm³/mol. The van der Waals surface area contributed by atoms with Crippen LogP contribution in [0.3, 0.4) is 0 Å². The molecule has 0 bridgehead atoms. The molecule has 2 aliphatic rings. The fraction of sp³-hybridized carbons (Fsp3) is 0.381. The van der Waals surface area contributed by atoms with Crippen LogP contribution in [0.25, 0.3) is 10.4 Å². The average molecular weight is 446 g/mol. The van der Waals surface area contributed by atoms with E-state index in [4.69, 9.17) is 4.74 Å². The fourth-order valence-corrected chi connectivity index (χ4v) is 5.65. The maximum atomic E-state index is 13.3. The summed E-state index contributed by atoms with van der Waals surface area (Å²) in [5.74, 6) is 0.502. The molecule has 158 valence electrons. The van der Waals surface area contributed by atoms with E-state index in [0.717, 1.165) is 16.0 Å². The number of benzene rings is 1. The summed E-state index contributed by atoms with van der Waals surface area (Å²) < 4.78 is 5.37. The molecule has 0 radical (unpaired) electrons. The second-order valence-electron chi connectivity index (χ2n) is 7.15. The lowest BCUT2D eigenvalue weighted by Gasteiger charge is -2.27. The number of carbonyl (C=O) groups excluding carboxylic acids is 3. The highest BCUT2D eigenvalue weighted by Crippen LogP contribution is 2.40. The molecule has 2 saturated heterocycles. The van der Waals surface area contributed by atoms with Crippen molar-refractivity contribution in [1.82, 2.24) is 9.80 Å². The number of morpholine rings is 1. The van der Waals surface area contributed by atoms with Gasteiger partial charge < -0.3 is 19.9 Å². The summed E-state index contributed by atoms with van der Waals surface area (Å²) in [6.45, 7) is 3.99. The highest BCUT2D eigenvalue weighted by molar-refractivity contribution is 8.00. The Labute approximate surface area is 183 Å². The molecule has 0 unspecified atom stereocenters. The first-order valence-electron chi connectivity index (χ1n) is 9.76. The van der Waals surface area contributed by atoms with Gasteiger partial charge in [0, 0.05) is 18.0 Å². The summed E-state index contributed by atoms with van der Waals surface area (Å²) in [4.78, 5) is 42.1. The van der Waals surface area contributed by atoms with E-state index in [-0.39, 0.29) is 24.3 Å². The first-order chi connectivity index (χ1) is 14.5. The van der Waals surface area contributed by atoms with Crippen LogP contribution >= 0.6 is 23.1 Å². The number of carbonyl (C=O) groups is 3. The molecular weight excluding hydrogens is 422 g/mol. The molecule has 0 saturated carbocycles. The number of thiophene rings is 1. The minimum Gasteiger partial charge on any atom is -0.378 e. The Hall–Kier alpha value is -2.36. The Morgan fingerprint density at radius 1 is 1.17 bits per heavy atom. The lowest BCUT2D eigenvalue weighted by atomic mass is 10.1. The van der Waals surface area contributed by atoms with E-state index in [0.29, 0.717) is 48.5 Å². The Balaban J connectivity index is 1.64. The molecule has 9 heteroatoms. The fourth-order valence-electron chi connectivity index (χ4n) is 3.53. The van der Waals surface area contributed by atoms with Crippen molar-refractivity contribution in [3.8, 4) is 10.4 Å². The number of anilines is 1. The highest BCUT2D eigenvalue weighted by atomic mass is 32.2. The van der Waals surface area contributed by atoms with E-state index in [1.807, 2.05) is 37.3 Å². The number of hydrogen-bond acceptors (Lipinski definition) is 6. The topological polar surface area (TPSA) is 79.0 Å². The molecule has 7 nitrogen and oxygen atoms in total. The van der Waals surface area contributed by atoms with Gasteiger partial charge in [0.15, 0.2) is 0 Å². The van der Waals surface area contributed by atoms with Gasteiger partial charge >= 0.3 is 0 Å². The number of ether oxygens (including phenoxy) is 1. The third-order valence-corrected chi connectivity index (χ3v) is 7.31. The molecule has 30 heavy (non-hydrogen) atoms. The molecule has 0 atom stereocenters. The second-order valence-corrected chi connectivity index (χ2v) is 9.12. The van der Waals surface area contributed by atoms with Crippen LogP contribution in [-0.2, 0) is 14.3 Å². The molecule has 2 fully saturated rings. The summed E-state index contributed by atoms with van der Waals surface area (Å²) in [6, 6.07) is 9.83. The summed E-state index contributed by atoms with van der Waals surface area (Å²) in [5, 5.41) is 3.44. The summed E-state index contributed by atoms with van der Waals surface area (Å²) in [7, 11) is 0. The minimum absolute atomic E-state index is 0.00532. The van der Waals surface area contributed by atoms with Crippen LogP contribution in [0.15, 0.2) is 30.3 Å². The van der Waals surface area contributed by atoms with Crippen LogP contribution in [-0.4, -0.2) is 72.0 Å². The maximum absolute atomic E-state index is 13.3. The summed E-state index contributed by atoms with van der Waals surface area (Å²) >= 11 is 2.89. The summed E-state index contributed by atoms with van der Waals surface area (Å²) in [6.07, 6.45) is 0. The smallest absolute Gasteiger partial charge is 0.257 e. The highest BCUT2D eigenvalue weighted by Gasteiger charge is 2.29. The average Bonchev–Trinajstić information content (AvgIpc) is 3.31. The van der Waals surface area contributed by atoms with Crippen LogP contribution in [0, 0.1) is 6.92 Å². The van der Waals surface area contributed by atoms with Crippen LogP contribution in [0.5, 0.6) is 0 Å². The summed E-state index contributed by atoms with van der Waals surface area (Å²) in [5.41, 5.74) is 2.38. The van der Waals surface area contributed by atoms with Gasteiger partial charge in [-0.2, -0.15) is 0 Å². The minimum atomic E-state index is -0.289. The Morgan fingerprint density at radius 3 is 2.57 bits per heavy atom. The van der Waals surface area contributed by atoms with Crippen LogP contribution in [0.1, 0.15) is 15.9 Å². The van der Waals surface area contributed by atoms with Gasteiger partial charge in [-0.15, -0.1) is 23.1 Å². The number of amides is 3. The predicted octanol–water partition coefficient (Wildman–Crippen LogP) is 2.67. The van der Waals surface area contributed by atoms with Gasteiger partial charge in [-0.05, 0) is 18.1 Å². The first kappa shape index (κ1) is 20.9. The monoisotopic (exact) mass is 445 g/mol. The van der Waals surface area contributed by atoms with E-state index in [9.17, 15) is 14.4 Å². The molecule has 3 amide bonds. The van der Waals surface area contributed by atoms with E-state index >= 15 is 0 Å². The van der Waals surface area contributed by atoms with Crippen molar-refractivity contribution in [1.29, 1.82) is 0 Å². The Kier molecular flexibility index (Phi) is 6.40. The molecule has 1 aromatic carbocycles. The van der Waals surface area contributed by atoms with Crippen LogP contribution < -0.4 is 5.32 Å². The van der Waals surface area contributed by atoms with E-state index in [2.05, 4.69) is 5.32 Å². The molecule has 4 rings (SSSR count). The quantitative estimate of drug-likeness (QED) is 0.766. The zero-order valence-corrected chi connectivity index (χ0v) is 18.3. The Morgan fingerprint density at radius 2 is 1.90 bits per heavy atom. The van der Waals surface area contributed by atoms with Crippen molar-refractivity contribution in [2.75, 3.05) is 49.8 Å². The van der Waals surface area contributed by atoms with Crippen molar-refractivity contribution < 1.29 is 19.1 Å². The second kappa shape index (κ2) is 9.20. The Bertz CT molecular complexity index is 955. The number of hydrogen-bond donors (Lipinski definition) is 1. The SMILES string of the molecule is Cc1c(-c2ccccc2)sc(NC(=O)CN2CSCC2=O)c1C(=O)N1CCOCC1. The van der Waals surface area contributed by atoms with Gasteiger partial charge in [0.1, 0.15) is 11.5 Å². The van der Waals surface area contributed by atoms with Crippen LogP contribution in [0.4, 0.5) is 5.00 Å². The van der Waals surface area contributed by atoms with Gasteiger partial charge in [-0.1, -0.05) is 30.3 Å². The van der Waals surface area contributed by atoms with Crippen molar-refractivity contribution >= 4 is 45.8 Å². The van der Waals surface area contributed by atoms with Crippen molar-refractivity contribution in [3.05, 3.63) is 41.5 Å². The molecule has 0 spiro atoms. The number of nitrogens with one attached hydrogen (secondary N) is 1. The normalized spacial score (nSPS) is 16.8. The van der Waals surface area contributed by atoms with E-state index in [1.54, 1.807) is 4.90 Å². The van der Waals surface area contributed by atoms with Gasteiger partial charge in [0.05, 0.1) is 30.4 Å². The first-order valence-corrected chi connectivity index (χ1v) is 11.7. The molecule has 2 aliphatic heterocycles. The van der Waals surface area contributed by atoms with Gasteiger partial charge in [0.25, 0.3) is 5.91 Å². The number of rotatable bonds is 5. The number of thioether (sulfide) groups is 1. The zero-order chi connectivity index (χ0) is 21.1. The van der Waals surface area contributed by atoms with Crippen molar-refractivity contribution in [2.24, 2.45) is 0 Å². The van der Waals surface area contributed by atoms with Crippen LogP contribution in [0.2, 0.25) is 0 Å². The molecule has 2 aromatic rings. The van der Waals surface area contributed by atoms with Crippen molar-refractivity contribution in [2.45, 2.75) is 6.92 Å². The van der Waals surface area contributed by atoms with E-state index in [1.165, 1.54) is 28.0 Å². The third kappa shape index (κ3) is 4.38. The van der Waals surface area contributed by atoms with Gasteiger partial charge in [-0.3, -0.25) is 14.4 Å². The molecule has 1 N–H and O–H groups in total. The standard InChI is InChI=1S/C21H23N3O4S2/c1-14-18(21(27)23-7-9-28-10-8-23)20(30-19(14)15-5-3-2-4-6-15)22-16(25)11-24-13-29-12-17(24)26/h2-6H,7-13H2,1H3,(H,22,25). The third-order valence-electron chi connectivity index (χ3n) is 5.11.